The number of aryl methyl sites for hydroxylation is 1. The number of piperidine rings is 1. The van der Waals surface area contributed by atoms with Gasteiger partial charge in [-0.3, -0.25) is 4.68 Å². The Morgan fingerprint density at radius 3 is 2.52 bits per heavy atom. The molecular formula is C22H25FN4O3S. The van der Waals surface area contributed by atoms with Gasteiger partial charge in [-0.25, -0.2) is 12.8 Å². The van der Waals surface area contributed by atoms with Crippen LogP contribution >= 0.6 is 0 Å². The Balaban J connectivity index is 1.55. The molecule has 31 heavy (non-hydrogen) atoms. The maximum absolute atomic E-state index is 13.7. The number of rotatable bonds is 5. The maximum atomic E-state index is 13.7. The van der Waals surface area contributed by atoms with Crippen molar-refractivity contribution in [3.05, 3.63) is 47.8 Å². The summed E-state index contributed by atoms with van der Waals surface area (Å²) in [4.78, 5) is 0.213. The van der Waals surface area contributed by atoms with Gasteiger partial charge in [-0.05, 0) is 74.6 Å². The van der Waals surface area contributed by atoms with Crippen LogP contribution in [0.2, 0.25) is 0 Å². The van der Waals surface area contributed by atoms with E-state index < -0.39 is 16.1 Å². The largest absolute Gasteiger partial charge is 0.393 e. The second kappa shape index (κ2) is 7.58. The lowest BCUT2D eigenvalue weighted by atomic mass is 10.1. The van der Waals surface area contributed by atoms with Gasteiger partial charge in [0.1, 0.15) is 5.82 Å². The standard InChI is InChI=1S/C22H25FN4O3S/c1-14-12-15(2-6-20(14)23)24-22-19-13-18(5-7-21(19)27(25-22)16-3-4-16)31(29,30)26-10-8-17(28)9-11-26/h2,5-7,12-13,16-17,28H,3-4,8-11H2,1H3,(H,24,25). The molecule has 2 fully saturated rings. The van der Waals surface area contributed by atoms with Crippen LogP contribution in [0.25, 0.3) is 10.9 Å². The molecule has 0 spiro atoms. The Kier molecular flexibility index (Phi) is 4.99. The molecule has 1 saturated heterocycles. The molecule has 2 N–H and O–H groups in total. The molecule has 0 atom stereocenters. The summed E-state index contributed by atoms with van der Waals surface area (Å²) in [5, 5.41) is 18.4. The van der Waals surface area contributed by atoms with Crippen molar-refractivity contribution in [1.29, 1.82) is 0 Å². The van der Waals surface area contributed by atoms with Gasteiger partial charge in [0.2, 0.25) is 10.0 Å². The van der Waals surface area contributed by atoms with Crippen LogP contribution in [0.1, 0.15) is 37.3 Å². The molecule has 9 heteroatoms. The molecule has 1 aromatic heterocycles. The Labute approximate surface area is 180 Å². The van der Waals surface area contributed by atoms with E-state index in [0.29, 0.717) is 54.4 Å². The number of aliphatic hydroxyl groups is 1. The minimum absolute atomic E-state index is 0.213. The van der Waals surface area contributed by atoms with Gasteiger partial charge < -0.3 is 10.4 Å². The first-order chi connectivity index (χ1) is 14.8. The van der Waals surface area contributed by atoms with Gasteiger partial charge in [0.25, 0.3) is 0 Å². The SMILES string of the molecule is Cc1cc(Nc2nn(C3CC3)c3ccc(S(=O)(=O)N4CCC(O)CC4)cc23)ccc1F. The van der Waals surface area contributed by atoms with E-state index in [-0.39, 0.29) is 10.7 Å². The summed E-state index contributed by atoms with van der Waals surface area (Å²) in [6, 6.07) is 10.2. The predicted molar refractivity (Wildman–Crippen MR) is 116 cm³/mol. The molecule has 1 saturated carbocycles. The Morgan fingerprint density at radius 1 is 1.10 bits per heavy atom. The number of halogens is 1. The summed E-state index contributed by atoms with van der Waals surface area (Å²) in [5.74, 6) is 0.276. The van der Waals surface area contributed by atoms with E-state index in [1.165, 1.54) is 10.4 Å². The molecule has 5 rings (SSSR count). The van der Waals surface area contributed by atoms with Crippen LogP contribution < -0.4 is 5.32 Å². The van der Waals surface area contributed by atoms with Crippen molar-refractivity contribution in [3.8, 4) is 0 Å². The van der Waals surface area contributed by atoms with Crippen LogP contribution in [0.15, 0.2) is 41.3 Å². The summed E-state index contributed by atoms with van der Waals surface area (Å²) in [7, 11) is -3.67. The highest BCUT2D eigenvalue weighted by Gasteiger charge is 2.31. The monoisotopic (exact) mass is 444 g/mol. The fraction of sp³-hybridized carbons (Fsp3) is 0.409. The number of benzene rings is 2. The lowest BCUT2D eigenvalue weighted by molar-refractivity contribution is 0.113. The van der Waals surface area contributed by atoms with Crippen molar-refractivity contribution in [2.45, 2.75) is 49.6 Å². The van der Waals surface area contributed by atoms with Crippen LogP contribution in [0, 0.1) is 12.7 Å². The van der Waals surface area contributed by atoms with Gasteiger partial charge >= 0.3 is 0 Å². The van der Waals surface area contributed by atoms with Crippen molar-refractivity contribution >= 4 is 32.4 Å². The highest BCUT2D eigenvalue weighted by atomic mass is 32.2. The predicted octanol–water partition coefficient (Wildman–Crippen LogP) is 3.71. The number of anilines is 2. The van der Waals surface area contributed by atoms with E-state index in [1.807, 2.05) is 10.7 Å². The van der Waals surface area contributed by atoms with E-state index in [0.717, 1.165) is 18.4 Å². The summed E-state index contributed by atoms with van der Waals surface area (Å²) < 4.78 is 43.4. The number of sulfonamides is 1. The fourth-order valence-electron chi connectivity index (χ4n) is 4.06. The molecule has 2 heterocycles. The van der Waals surface area contributed by atoms with Crippen LogP contribution in [0.3, 0.4) is 0 Å². The normalized spacial score (nSPS) is 18.5. The summed E-state index contributed by atoms with van der Waals surface area (Å²) in [5.41, 5.74) is 2.09. The third kappa shape index (κ3) is 3.81. The average molecular weight is 445 g/mol. The summed E-state index contributed by atoms with van der Waals surface area (Å²) in [6.07, 6.45) is 2.53. The number of nitrogens with one attached hydrogen (secondary N) is 1. The van der Waals surface area contributed by atoms with Crippen LogP contribution in [0.4, 0.5) is 15.9 Å². The van der Waals surface area contributed by atoms with Crippen molar-refractivity contribution < 1.29 is 17.9 Å². The van der Waals surface area contributed by atoms with Crippen molar-refractivity contribution in [2.24, 2.45) is 0 Å². The van der Waals surface area contributed by atoms with Gasteiger partial charge in [-0.15, -0.1) is 0 Å². The number of aromatic nitrogens is 2. The summed E-state index contributed by atoms with van der Waals surface area (Å²) in [6.45, 7) is 2.31. The van der Waals surface area contributed by atoms with Gasteiger partial charge in [0.05, 0.1) is 22.6 Å². The quantitative estimate of drug-likeness (QED) is 0.627. The fourth-order valence-corrected chi connectivity index (χ4v) is 5.56. The number of hydrogen-bond acceptors (Lipinski definition) is 5. The Hall–Kier alpha value is -2.49. The second-order valence-corrected chi connectivity index (χ2v) is 10.4. The number of nitrogens with zero attached hydrogens (tertiary/aromatic N) is 3. The van der Waals surface area contributed by atoms with E-state index in [4.69, 9.17) is 5.10 Å². The molecule has 2 aromatic carbocycles. The molecule has 0 amide bonds. The Morgan fingerprint density at radius 2 is 1.84 bits per heavy atom. The lowest BCUT2D eigenvalue weighted by Crippen LogP contribution is -2.39. The molecule has 1 aliphatic carbocycles. The van der Waals surface area contributed by atoms with Crippen LogP contribution in [-0.4, -0.2) is 46.8 Å². The topological polar surface area (TPSA) is 87.5 Å². The van der Waals surface area contributed by atoms with Crippen molar-refractivity contribution in [2.75, 3.05) is 18.4 Å². The average Bonchev–Trinajstić information content (AvgIpc) is 3.53. The highest BCUT2D eigenvalue weighted by molar-refractivity contribution is 7.89. The van der Waals surface area contributed by atoms with E-state index >= 15 is 0 Å². The van der Waals surface area contributed by atoms with Gasteiger partial charge in [-0.2, -0.15) is 9.40 Å². The van der Waals surface area contributed by atoms with Gasteiger partial charge in [-0.1, -0.05) is 0 Å². The zero-order valence-electron chi connectivity index (χ0n) is 17.3. The molecular weight excluding hydrogens is 419 g/mol. The first-order valence-corrected chi connectivity index (χ1v) is 12.0. The molecule has 0 bridgehead atoms. The minimum Gasteiger partial charge on any atom is -0.393 e. The van der Waals surface area contributed by atoms with Crippen molar-refractivity contribution in [3.63, 3.8) is 0 Å². The number of fused-ring (bicyclic) bond motifs is 1. The minimum atomic E-state index is -3.67. The van der Waals surface area contributed by atoms with Crippen LogP contribution in [-0.2, 0) is 10.0 Å². The molecule has 1 aliphatic heterocycles. The van der Waals surface area contributed by atoms with Gasteiger partial charge in [0, 0.05) is 24.2 Å². The molecule has 0 radical (unpaired) electrons. The van der Waals surface area contributed by atoms with E-state index in [9.17, 15) is 17.9 Å². The maximum Gasteiger partial charge on any atom is 0.243 e. The zero-order chi connectivity index (χ0) is 21.8. The van der Waals surface area contributed by atoms with Crippen molar-refractivity contribution in [1.82, 2.24) is 14.1 Å². The molecule has 2 aliphatic rings. The third-order valence-electron chi connectivity index (χ3n) is 6.05. The highest BCUT2D eigenvalue weighted by Crippen LogP contribution is 2.40. The zero-order valence-corrected chi connectivity index (χ0v) is 18.1. The first kappa shape index (κ1) is 20.4. The van der Waals surface area contributed by atoms with Gasteiger partial charge in [0.15, 0.2) is 5.82 Å². The molecule has 3 aromatic rings. The Bertz CT molecular complexity index is 1250. The second-order valence-electron chi connectivity index (χ2n) is 8.43. The smallest absolute Gasteiger partial charge is 0.243 e. The van der Waals surface area contributed by atoms with E-state index in [2.05, 4.69) is 5.32 Å². The van der Waals surface area contributed by atoms with Crippen LogP contribution in [0.5, 0.6) is 0 Å². The van der Waals surface area contributed by atoms with E-state index in [1.54, 1.807) is 31.2 Å². The summed E-state index contributed by atoms with van der Waals surface area (Å²) >= 11 is 0. The lowest BCUT2D eigenvalue weighted by Gasteiger charge is -2.28. The number of hydrogen-bond donors (Lipinski definition) is 2. The molecule has 0 unspecified atom stereocenters. The third-order valence-corrected chi connectivity index (χ3v) is 7.95. The number of aliphatic hydroxyl groups excluding tert-OH is 1. The first-order valence-electron chi connectivity index (χ1n) is 10.6. The molecule has 7 nitrogen and oxygen atoms in total. The molecule has 164 valence electrons.